The second-order valence-corrected chi connectivity index (χ2v) is 10.7. The molecule has 0 bridgehead atoms. The van der Waals surface area contributed by atoms with E-state index >= 15 is 0 Å². The van der Waals surface area contributed by atoms with E-state index in [1.54, 1.807) is 40.2 Å². The summed E-state index contributed by atoms with van der Waals surface area (Å²) in [6, 6.07) is 21.1. The highest BCUT2D eigenvalue weighted by atomic mass is 19.1. The first kappa shape index (κ1) is 26.7. The predicted molar refractivity (Wildman–Crippen MR) is 162 cm³/mol. The van der Waals surface area contributed by atoms with Gasteiger partial charge in [-0.25, -0.2) is 14.2 Å². The van der Waals surface area contributed by atoms with E-state index in [4.69, 9.17) is 4.74 Å². The fourth-order valence-corrected chi connectivity index (χ4v) is 5.70. The minimum atomic E-state index is -0.319. The lowest BCUT2D eigenvalue weighted by Crippen LogP contribution is -2.42. The number of halogens is 1. The molecule has 0 N–H and O–H groups in total. The van der Waals surface area contributed by atoms with Crippen molar-refractivity contribution < 1.29 is 18.7 Å². The molecule has 0 aliphatic carbocycles. The number of aromatic nitrogens is 4. The molecule has 1 fully saturated rings. The largest absolute Gasteiger partial charge is 0.378 e. The van der Waals surface area contributed by atoms with Crippen molar-refractivity contribution in [3.8, 4) is 11.1 Å². The smallest absolute Gasteiger partial charge is 0.328 e. The average molecular weight is 574 g/mol. The van der Waals surface area contributed by atoms with Crippen LogP contribution in [-0.4, -0.2) is 62.1 Å². The maximum absolute atomic E-state index is 13.9. The van der Waals surface area contributed by atoms with Crippen molar-refractivity contribution in [2.45, 2.75) is 13.5 Å². The molecule has 7 rings (SSSR count). The molecule has 6 aromatic rings. The van der Waals surface area contributed by atoms with Crippen LogP contribution in [0, 0.1) is 12.7 Å². The van der Waals surface area contributed by atoms with Gasteiger partial charge in [0.25, 0.3) is 0 Å². The van der Waals surface area contributed by atoms with Gasteiger partial charge in [0.1, 0.15) is 17.2 Å². The standard InChI is InChI=1S/C34H28FN5O3/c1-22-37-30-19-36-13-12-31(30)39(22)20-23-2-4-25(5-3-23)33(41)29-21-40(34(42)38-14-16-43-17-15-38)32-18-26(8-11-28(29)32)24-6-9-27(35)10-7-24/h2-13,18-19,21H,14-17,20H2,1H3. The Morgan fingerprint density at radius 2 is 1.65 bits per heavy atom. The number of aryl methyl sites for hydroxylation is 1. The number of hydrogen-bond donors (Lipinski definition) is 0. The van der Waals surface area contributed by atoms with Crippen LogP contribution in [0.3, 0.4) is 0 Å². The number of imidazole rings is 1. The van der Waals surface area contributed by atoms with E-state index in [0.717, 1.165) is 33.5 Å². The second-order valence-electron chi connectivity index (χ2n) is 10.7. The molecule has 9 heteroatoms. The number of carbonyl (C=O) groups excluding carboxylic acids is 2. The molecule has 3 aromatic carbocycles. The molecule has 43 heavy (non-hydrogen) atoms. The zero-order valence-electron chi connectivity index (χ0n) is 23.5. The summed E-state index contributed by atoms with van der Waals surface area (Å²) in [5.41, 5.74) is 6.11. The van der Waals surface area contributed by atoms with Crippen LogP contribution in [0.15, 0.2) is 91.4 Å². The Kier molecular flexibility index (Phi) is 6.79. The van der Waals surface area contributed by atoms with Crippen molar-refractivity contribution in [1.29, 1.82) is 0 Å². The van der Waals surface area contributed by atoms with Gasteiger partial charge in [-0.05, 0) is 47.9 Å². The van der Waals surface area contributed by atoms with Crippen LogP contribution in [0.1, 0.15) is 27.3 Å². The summed E-state index contributed by atoms with van der Waals surface area (Å²) in [7, 11) is 0. The summed E-state index contributed by atoms with van der Waals surface area (Å²) in [4.78, 5) is 38.0. The Balaban J connectivity index is 1.24. The summed E-state index contributed by atoms with van der Waals surface area (Å²) in [5.74, 6) is 0.399. The Morgan fingerprint density at radius 3 is 2.42 bits per heavy atom. The average Bonchev–Trinajstić information content (AvgIpc) is 3.58. The Labute approximate surface area is 247 Å². The van der Waals surface area contributed by atoms with E-state index in [0.29, 0.717) is 54.9 Å². The fraction of sp³-hybridized carbons (Fsp3) is 0.176. The van der Waals surface area contributed by atoms with Crippen molar-refractivity contribution in [2.75, 3.05) is 26.3 Å². The van der Waals surface area contributed by atoms with E-state index in [-0.39, 0.29) is 17.6 Å². The Bertz CT molecular complexity index is 1990. The van der Waals surface area contributed by atoms with E-state index in [1.165, 1.54) is 12.1 Å². The third-order valence-electron chi connectivity index (χ3n) is 8.01. The lowest BCUT2D eigenvalue weighted by atomic mass is 9.99. The molecule has 4 heterocycles. The van der Waals surface area contributed by atoms with Gasteiger partial charge in [0.15, 0.2) is 5.78 Å². The van der Waals surface area contributed by atoms with Crippen LogP contribution >= 0.6 is 0 Å². The van der Waals surface area contributed by atoms with Crippen LogP contribution in [-0.2, 0) is 11.3 Å². The van der Waals surface area contributed by atoms with Gasteiger partial charge < -0.3 is 14.2 Å². The van der Waals surface area contributed by atoms with Gasteiger partial charge in [0.05, 0.1) is 30.4 Å². The summed E-state index contributed by atoms with van der Waals surface area (Å²) < 4.78 is 22.7. The highest BCUT2D eigenvalue weighted by Gasteiger charge is 2.24. The molecule has 3 aromatic heterocycles. The number of morpholine rings is 1. The van der Waals surface area contributed by atoms with E-state index < -0.39 is 0 Å². The predicted octanol–water partition coefficient (Wildman–Crippen LogP) is 6.08. The molecule has 1 aliphatic heterocycles. The quantitative estimate of drug-likeness (QED) is 0.234. The van der Waals surface area contributed by atoms with E-state index in [2.05, 4.69) is 14.5 Å². The topological polar surface area (TPSA) is 82.2 Å². The number of hydrogen-bond acceptors (Lipinski definition) is 5. The molecular formula is C34H28FN5O3. The number of nitrogens with zero attached hydrogens (tertiary/aromatic N) is 5. The van der Waals surface area contributed by atoms with Crippen LogP contribution in [0.2, 0.25) is 0 Å². The summed E-state index contributed by atoms with van der Waals surface area (Å²) in [6.07, 6.45) is 5.15. The van der Waals surface area contributed by atoms with Crippen molar-refractivity contribution in [3.63, 3.8) is 0 Å². The fourth-order valence-electron chi connectivity index (χ4n) is 5.70. The number of benzene rings is 3. The number of fused-ring (bicyclic) bond motifs is 2. The Morgan fingerprint density at radius 1 is 0.907 bits per heavy atom. The number of carbonyl (C=O) groups is 2. The third-order valence-corrected chi connectivity index (χ3v) is 8.01. The lowest BCUT2D eigenvalue weighted by molar-refractivity contribution is 0.0537. The SMILES string of the molecule is Cc1nc2cnccc2n1Cc1ccc(C(=O)c2cn(C(=O)N3CCOCC3)c3cc(-c4ccc(F)cc4)ccc23)cc1. The highest BCUT2D eigenvalue weighted by Crippen LogP contribution is 2.30. The maximum Gasteiger partial charge on any atom is 0.328 e. The molecule has 214 valence electrons. The molecule has 1 amide bonds. The first-order valence-corrected chi connectivity index (χ1v) is 14.1. The molecular weight excluding hydrogens is 545 g/mol. The van der Waals surface area contributed by atoms with Gasteiger partial charge in [-0.1, -0.05) is 48.5 Å². The number of ether oxygens (including phenoxy) is 1. The van der Waals surface area contributed by atoms with Crippen LogP contribution in [0.5, 0.6) is 0 Å². The van der Waals surface area contributed by atoms with Gasteiger partial charge in [-0.3, -0.25) is 14.3 Å². The van der Waals surface area contributed by atoms with Crippen LogP contribution < -0.4 is 0 Å². The Hall–Kier alpha value is -5.15. The van der Waals surface area contributed by atoms with Crippen molar-refractivity contribution >= 4 is 33.8 Å². The second kappa shape index (κ2) is 10.9. The van der Waals surface area contributed by atoms with Crippen molar-refractivity contribution in [2.24, 2.45) is 0 Å². The van der Waals surface area contributed by atoms with Crippen LogP contribution in [0.4, 0.5) is 9.18 Å². The molecule has 8 nitrogen and oxygen atoms in total. The first-order chi connectivity index (χ1) is 21.0. The molecule has 0 radical (unpaired) electrons. The number of rotatable bonds is 5. The molecule has 0 unspecified atom stereocenters. The summed E-state index contributed by atoms with van der Waals surface area (Å²) >= 11 is 0. The van der Waals surface area contributed by atoms with Crippen molar-refractivity contribution in [1.82, 2.24) is 24.0 Å². The highest BCUT2D eigenvalue weighted by molar-refractivity contribution is 6.17. The van der Waals surface area contributed by atoms with Gasteiger partial charge >= 0.3 is 6.03 Å². The third kappa shape index (κ3) is 4.97. The first-order valence-electron chi connectivity index (χ1n) is 14.1. The van der Waals surface area contributed by atoms with Gasteiger partial charge in [0, 0.05) is 48.5 Å². The molecule has 1 aliphatic rings. The van der Waals surface area contributed by atoms with Crippen LogP contribution in [0.25, 0.3) is 33.1 Å². The maximum atomic E-state index is 13.9. The van der Waals surface area contributed by atoms with Crippen molar-refractivity contribution in [3.05, 3.63) is 120 Å². The summed E-state index contributed by atoms with van der Waals surface area (Å²) in [5, 5.41) is 0.677. The number of amides is 1. The normalized spacial score (nSPS) is 13.6. The van der Waals surface area contributed by atoms with E-state index in [1.807, 2.05) is 55.5 Å². The van der Waals surface area contributed by atoms with E-state index in [9.17, 15) is 14.0 Å². The molecule has 1 saturated heterocycles. The molecule has 0 saturated carbocycles. The molecule has 0 atom stereocenters. The lowest BCUT2D eigenvalue weighted by Gasteiger charge is -2.27. The van der Waals surface area contributed by atoms with Gasteiger partial charge in [0.2, 0.25) is 0 Å². The minimum Gasteiger partial charge on any atom is -0.378 e. The summed E-state index contributed by atoms with van der Waals surface area (Å²) in [6.45, 7) is 4.46. The minimum absolute atomic E-state index is 0.171. The monoisotopic (exact) mass is 573 g/mol. The zero-order valence-corrected chi connectivity index (χ0v) is 23.5. The number of ketones is 1. The molecule has 0 spiro atoms. The van der Waals surface area contributed by atoms with Gasteiger partial charge in [-0.2, -0.15) is 0 Å². The number of pyridine rings is 1. The zero-order chi connectivity index (χ0) is 29.5. The van der Waals surface area contributed by atoms with Gasteiger partial charge in [-0.15, -0.1) is 0 Å².